The van der Waals surface area contributed by atoms with Gasteiger partial charge in [0.15, 0.2) is 27.2 Å². The van der Waals surface area contributed by atoms with Crippen molar-refractivity contribution < 1.29 is 23.8 Å². The van der Waals surface area contributed by atoms with Crippen molar-refractivity contribution >= 4 is 85.7 Å². The van der Waals surface area contributed by atoms with Crippen LogP contribution in [0.5, 0.6) is 5.75 Å². The Kier molecular flexibility index (Phi) is 7.91. The number of fused-ring (bicyclic) bond motifs is 1. The predicted octanol–water partition coefficient (Wildman–Crippen LogP) is 8.33. The fraction of sp³-hybridized carbons (Fsp3) is 0.103. The van der Waals surface area contributed by atoms with Crippen molar-refractivity contribution in [2.75, 3.05) is 12.0 Å². The first kappa shape index (κ1) is 28.6. The van der Waals surface area contributed by atoms with Crippen molar-refractivity contribution in [2.45, 2.75) is 16.1 Å². The Balaban J connectivity index is 1.36. The third-order valence-corrected chi connectivity index (χ3v) is 9.50. The number of thioether (sulfide) groups is 1. The molecule has 1 amide bonds. The number of aromatic nitrogens is 2. The fourth-order valence-corrected chi connectivity index (χ4v) is 7.13. The first-order valence-corrected chi connectivity index (χ1v) is 15.2. The lowest BCUT2D eigenvalue weighted by molar-refractivity contribution is -0.117. The number of amides is 1. The average Bonchev–Trinajstić information content (AvgIpc) is 3.69. The number of aliphatic hydroxyl groups is 1. The number of benzene rings is 3. The van der Waals surface area contributed by atoms with Gasteiger partial charge >= 0.3 is 0 Å². The van der Waals surface area contributed by atoms with Crippen LogP contribution in [0.4, 0.5) is 5.13 Å². The van der Waals surface area contributed by atoms with E-state index in [4.69, 9.17) is 44.0 Å². The highest BCUT2D eigenvalue weighted by Crippen LogP contribution is 2.45. The van der Waals surface area contributed by atoms with Crippen LogP contribution in [0.2, 0.25) is 15.1 Å². The van der Waals surface area contributed by atoms with Gasteiger partial charge in [-0.25, -0.2) is 0 Å². The van der Waals surface area contributed by atoms with E-state index in [2.05, 4.69) is 10.2 Å². The van der Waals surface area contributed by atoms with Crippen molar-refractivity contribution in [1.82, 2.24) is 10.2 Å². The number of carbonyl (C=O) groups excluding carboxylic acids is 2. The molecule has 1 unspecified atom stereocenters. The molecule has 1 aliphatic heterocycles. The summed E-state index contributed by atoms with van der Waals surface area (Å²) < 4.78 is 11.8. The molecule has 42 heavy (non-hydrogen) atoms. The maximum atomic E-state index is 13.9. The summed E-state index contributed by atoms with van der Waals surface area (Å²) in [5.41, 5.74) is 1.61. The highest BCUT2D eigenvalue weighted by Gasteiger charge is 2.46. The number of nitrogens with zero attached hydrogens (tertiary/aromatic N) is 3. The standard InChI is InChI=1S/C29H18Cl3N3O5S2/c1-39-20-4-2-3-15-11-21(40-26(15)20)24(36)22-23(14-5-8-17(30)9-6-14)35(27(38)25(22)37)28-33-34-29(42-28)41-13-16-7-10-18(31)12-19(16)32/h2-12,23,37H,13H2,1H3. The number of ether oxygens (including phenoxy) is 1. The van der Waals surface area contributed by atoms with E-state index >= 15 is 0 Å². The molecule has 5 aromatic rings. The zero-order chi connectivity index (χ0) is 29.5. The second-order valence-corrected chi connectivity index (χ2v) is 12.5. The predicted molar refractivity (Wildman–Crippen MR) is 164 cm³/mol. The Hall–Kier alpha value is -3.54. The van der Waals surface area contributed by atoms with E-state index in [9.17, 15) is 14.7 Å². The number of hydrogen-bond acceptors (Lipinski definition) is 9. The smallest absolute Gasteiger partial charge is 0.296 e. The molecule has 0 radical (unpaired) electrons. The molecule has 1 N–H and O–H groups in total. The van der Waals surface area contributed by atoms with E-state index in [1.165, 1.54) is 23.8 Å². The molecule has 0 saturated heterocycles. The quantitative estimate of drug-likeness (QED) is 0.101. The molecule has 3 heterocycles. The van der Waals surface area contributed by atoms with Crippen LogP contribution in [-0.2, 0) is 10.5 Å². The normalized spacial score (nSPS) is 15.2. The van der Waals surface area contributed by atoms with Crippen LogP contribution in [0.25, 0.3) is 11.0 Å². The minimum Gasteiger partial charge on any atom is -0.503 e. The van der Waals surface area contributed by atoms with E-state index in [1.54, 1.807) is 60.7 Å². The molecule has 0 fully saturated rings. The number of methoxy groups -OCH3 is 1. The van der Waals surface area contributed by atoms with E-state index in [-0.39, 0.29) is 16.5 Å². The van der Waals surface area contributed by atoms with Crippen molar-refractivity contribution in [2.24, 2.45) is 0 Å². The first-order valence-electron chi connectivity index (χ1n) is 12.3. The van der Waals surface area contributed by atoms with Gasteiger partial charge in [-0.15, -0.1) is 10.2 Å². The lowest BCUT2D eigenvalue weighted by Gasteiger charge is -2.23. The maximum Gasteiger partial charge on any atom is 0.296 e. The van der Waals surface area contributed by atoms with Gasteiger partial charge in [-0.2, -0.15) is 0 Å². The zero-order valence-electron chi connectivity index (χ0n) is 21.5. The molecule has 1 atom stereocenters. The summed E-state index contributed by atoms with van der Waals surface area (Å²) >= 11 is 21.0. The molecule has 0 aliphatic carbocycles. The van der Waals surface area contributed by atoms with Crippen LogP contribution in [0.15, 0.2) is 86.8 Å². The van der Waals surface area contributed by atoms with Crippen LogP contribution in [0.1, 0.15) is 27.7 Å². The van der Waals surface area contributed by atoms with Gasteiger partial charge in [-0.05, 0) is 47.5 Å². The van der Waals surface area contributed by atoms with Gasteiger partial charge in [-0.3, -0.25) is 14.5 Å². The monoisotopic (exact) mass is 657 g/mol. The molecule has 6 rings (SSSR count). The number of para-hydroxylation sites is 1. The van der Waals surface area contributed by atoms with Crippen LogP contribution < -0.4 is 9.64 Å². The lowest BCUT2D eigenvalue weighted by atomic mass is 9.95. The third-order valence-electron chi connectivity index (χ3n) is 6.56. The number of anilines is 1. The SMILES string of the molecule is COc1cccc2cc(C(=O)C3=C(O)C(=O)N(c4nnc(SCc5ccc(Cl)cc5Cl)s4)C3c3ccc(Cl)cc3)oc12. The summed E-state index contributed by atoms with van der Waals surface area (Å²) in [5, 5.41) is 21.9. The van der Waals surface area contributed by atoms with Gasteiger partial charge in [0.1, 0.15) is 0 Å². The summed E-state index contributed by atoms with van der Waals surface area (Å²) in [4.78, 5) is 28.7. The molecule has 8 nitrogen and oxygen atoms in total. The second-order valence-electron chi connectivity index (χ2n) is 9.08. The van der Waals surface area contributed by atoms with Gasteiger partial charge < -0.3 is 14.3 Å². The van der Waals surface area contributed by atoms with E-state index in [1.807, 2.05) is 6.07 Å². The summed E-state index contributed by atoms with van der Waals surface area (Å²) in [6.45, 7) is 0. The Morgan fingerprint density at radius 2 is 1.83 bits per heavy atom. The van der Waals surface area contributed by atoms with Crippen molar-refractivity contribution in [3.63, 3.8) is 0 Å². The highest BCUT2D eigenvalue weighted by molar-refractivity contribution is 8.00. The topological polar surface area (TPSA) is 106 Å². The Morgan fingerprint density at radius 3 is 2.57 bits per heavy atom. The number of halogens is 3. The number of furan rings is 1. The second kappa shape index (κ2) is 11.6. The summed E-state index contributed by atoms with van der Waals surface area (Å²) in [5.74, 6) is -1.27. The minimum atomic E-state index is -1.02. The van der Waals surface area contributed by atoms with Gasteiger partial charge in [0.25, 0.3) is 5.91 Å². The first-order chi connectivity index (χ1) is 20.2. The Labute approximate surface area is 262 Å². The van der Waals surface area contributed by atoms with Gasteiger partial charge in [0.2, 0.25) is 10.9 Å². The van der Waals surface area contributed by atoms with E-state index in [0.717, 1.165) is 16.9 Å². The summed E-state index contributed by atoms with van der Waals surface area (Å²) in [6.07, 6.45) is 0. The summed E-state index contributed by atoms with van der Waals surface area (Å²) in [7, 11) is 1.50. The van der Waals surface area contributed by atoms with Crippen LogP contribution >= 0.6 is 57.9 Å². The largest absolute Gasteiger partial charge is 0.503 e. The highest BCUT2D eigenvalue weighted by atomic mass is 35.5. The number of ketones is 1. The van der Waals surface area contributed by atoms with Crippen molar-refractivity contribution in [3.8, 4) is 5.75 Å². The van der Waals surface area contributed by atoms with Gasteiger partial charge in [-0.1, -0.05) is 88.2 Å². The number of rotatable bonds is 8. The maximum absolute atomic E-state index is 13.9. The molecule has 0 bridgehead atoms. The molecule has 0 spiro atoms. The van der Waals surface area contributed by atoms with Crippen molar-refractivity contribution in [3.05, 3.63) is 110 Å². The number of carbonyl (C=O) groups is 2. The zero-order valence-corrected chi connectivity index (χ0v) is 25.4. The van der Waals surface area contributed by atoms with Crippen molar-refractivity contribution in [1.29, 1.82) is 0 Å². The Morgan fingerprint density at radius 1 is 1.07 bits per heavy atom. The summed E-state index contributed by atoms with van der Waals surface area (Å²) in [6, 6.07) is 17.7. The molecule has 0 saturated carbocycles. The van der Waals surface area contributed by atoms with E-state index in [0.29, 0.717) is 47.4 Å². The molecule has 1 aliphatic rings. The molecule has 3 aromatic carbocycles. The van der Waals surface area contributed by atoms with Gasteiger partial charge in [0.05, 0.1) is 18.7 Å². The van der Waals surface area contributed by atoms with Gasteiger partial charge in [0, 0.05) is 26.2 Å². The molecule has 13 heteroatoms. The number of Topliss-reactive ketones (excluding diaryl/α,β-unsaturated/α-hetero) is 1. The minimum absolute atomic E-state index is 0.0574. The lowest BCUT2D eigenvalue weighted by Crippen LogP contribution is -2.31. The molecular weight excluding hydrogens is 641 g/mol. The number of hydrogen-bond donors (Lipinski definition) is 1. The van der Waals surface area contributed by atoms with Crippen LogP contribution in [0, 0.1) is 0 Å². The average molecular weight is 659 g/mol. The fourth-order valence-electron chi connectivity index (χ4n) is 4.57. The number of aliphatic hydroxyl groups excluding tert-OH is 1. The molecular formula is C29H18Cl3N3O5S2. The van der Waals surface area contributed by atoms with Crippen LogP contribution in [-0.4, -0.2) is 34.1 Å². The molecule has 212 valence electrons. The van der Waals surface area contributed by atoms with E-state index < -0.39 is 23.5 Å². The van der Waals surface area contributed by atoms with Crippen LogP contribution in [0.3, 0.4) is 0 Å². The Bertz CT molecular complexity index is 1890. The molecule has 2 aromatic heterocycles. The third kappa shape index (κ3) is 5.25.